The Balaban J connectivity index is 2.26. The van der Waals surface area contributed by atoms with Crippen LogP contribution in [0.5, 0.6) is 0 Å². The average Bonchev–Trinajstić information content (AvgIpc) is 2.50. The Morgan fingerprint density at radius 3 is 2.70 bits per heavy atom. The molecule has 20 heavy (non-hydrogen) atoms. The van der Waals surface area contributed by atoms with Gasteiger partial charge in [-0.3, -0.25) is 14.5 Å². The molecule has 1 unspecified atom stereocenters. The first-order valence-corrected chi connectivity index (χ1v) is 7.17. The smallest absolute Gasteiger partial charge is 0.260 e. The third kappa shape index (κ3) is 2.53. The van der Waals surface area contributed by atoms with E-state index in [9.17, 15) is 9.59 Å². The van der Waals surface area contributed by atoms with Gasteiger partial charge in [0, 0.05) is 12.1 Å². The molecule has 0 saturated carbocycles. The van der Waals surface area contributed by atoms with Gasteiger partial charge in [-0.05, 0) is 37.8 Å². The molecule has 3 nitrogen and oxygen atoms in total. The van der Waals surface area contributed by atoms with E-state index in [0.717, 1.165) is 19.3 Å². The number of likely N-dealkylation sites (tertiary alicyclic amines) is 1. The molecule has 1 aliphatic heterocycles. The molecule has 1 aromatic rings. The van der Waals surface area contributed by atoms with E-state index >= 15 is 0 Å². The number of imide groups is 1. The SMILES string of the molecule is C=CCC1(CC)CCCN(C(=O)c2ccccc2)C1=O. The van der Waals surface area contributed by atoms with Crippen molar-refractivity contribution in [2.75, 3.05) is 6.54 Å². The first-order chi connectivity index (χ1) is 9.64. The molecule has 1 aromatic carbocycles. The van der Waals surface area contributed by atoms with Gasteiger partial charge < -0.3 is 0 Å². The molecular weight excluding hydrogens is 250 g/mol. The number of hydrogen-bond donors (Lipinski definition) is 0. The van der Waals surface area contributed by atoms with Crippen molar-refractivity contribution in [2.45, 2.75) is 32.6 Å². The Hall–Kier alpha value is -1.90. The Bertz CT molecular complexity index is 509. The quantitative estimate of drug-likeness (QED) is 0.621. The van der Waals surface area contributed by atoms with Crippen LogP contribution in [0.2, 0.25) is 0 Å². The standard InChI is InChI=1S/C17H21NO2/c1-3-11-17(4-2)12-8-13-18(16(17)20)15(19)14-9-6-5-7-10-14/h3,5-7,9-10H,1,4,8,11-13H2,2H3. The summed E-state index contributed by atoms with van der Waals surface area (Å²) in [5.74, 6) is -0.225. The number of allylic oxidation sites excluding steroid dienone is 1. The van der Waals surface area contributed by atoms with Crippen LogP contribution in [0.4, 0.5) is 0 Å². The summed E-state index contributed by atoms with van der Waals surface area (Å²) >= 11 is 0. The summed E-state index contributed by atoms with van der Waals surface area (Å²) in [4.78, 5) is 26.7. The van der Waals surface area contributed by atoms with E-state index in [2.05, 4.69) is 6.58 Å². The Morgan fingerprint density at radius 2 is 2.10 bits per heavy atom. The monoisotopic (exact) mass is 271 g/mol. The Labute approximate surface area is 120 Å². The summed E-state index contributed by atoms with van der Waals surface area (Å²) in [6.45, 7) is 6.29. The van der Waals surface area contributed by atoms with Gasteiger partial charge in [-0.15, -0.1) is 6.58 Å². The highest BCUT2D eigenvalue weighted by molar-refractivity contribution is 6.06. The number of carbonyl (C=O) groups excluding carboxylic acids is 2. The fourth-order valence-corrected chi connectivity index (χ4v) is 2.94. The maximum absolute atomic E-state index is 12.7. The van der Waals surface area contributed by atoms with Gasteiger partial charge in [-0.25, -0.2) is 0 Å². The van der Waals surface area contributed by atoms with E-state index in [0.29, 0.717) is 18.5 Å². The summed E-state index contributed by atoms with van der Waals surface area (Å²) < 4.78 is 0. The van der Waals surface area contributed by atoms with Crippen molar-refractivity contribution in [1.29, 1.82) is 0 Å². The second kappa shape index (κ2) is 6.04. The lowest BCUT2D eigenvalue weighted by molar-refractivity contribution is -0.143. The number of benzene rings is 1. The first kappa shape index (κ1) is 14.5. The molecule has 0 bridgehead atoms. The predicted octanol–water partition coefficient (Wildman–Crippen LogP) is 3.42. The Morgan fingerprint density at radius 1 is 1.40 bits per heavy atom. The van der Waals surface area contributed by atoms with Crippen molar-refractivity contribution < 1.29 is 9.59 Å². The maximum Gasteiger partial charge on any atom is 0.260 e. The number of amides is 2. The van der Waals surface area contributed by atoms with Crippen LogP contribution in [0.1, 0.15) is 43.0 Å². The second-order valence-electron chi connectivity index (χ2n) is 5.36. The zero-order valence-corrected chi connectivity index (χ0v) is 12.0. The van der Waals surface area contributed by atoms with Crippen molar-refractivity contribution >= 4 is 11.8 Å². The van der Waals surface area contributed by atoms with Gasteiger partial charge in [-0.1, -0.05) is 31.2 Å². The molecule has 2 amide bonds. The third-order valence-corrected chi connectivity index (χ3v) is 4.21. The molecule has 1 atom stereocenters. The average molecular weight is 271 g/mol. The van der Waals surface area contributed by atoms with Crippen LogP contribution in [-0.2, 0) is 4.79 Å². The van der Waals surface area contributed by atoms with Gasteiger partial charge in [0.05, 0.1) is 5.41 Å². The fourth-order valence-electron chi connectivity index (χ4n) is 2.94. The second-order valence-corrected chi connectivity index (χ2v) is 5.36. The maximum atomic E-state index is 12.7. The molecule has 0 radical (unpaired) electrons. The first-order valence-electron chi connectivity index (χ1n) is 7.17. The predicted molar refractivity (Wildman–Crippen MR) is 79.3 cm³/mol. The van der Waals surface area contributed by atoms with Crippen molar-refractivity contribution in [2.24, 2.45) is 5.41 Å². The fraction of sp³-hybridized carbons (Fsp3) is 0.412. The minimum atomic E-state index is -0.440. The highest BCUT2D eigenvalue weighted by Gasteiger charge is 2.43. The summed E-state index contributed by atoms with van der Waals surface area (Å²) in [5.41, 5.74) is 0.135. The molecule has 106 valence electrons. The van der Waals surface area contributed by atoms with E-state index in [1.807, 2.05) is 25.1 Å². The molecule has 1 heterocycles. The zero-order chi connectivity index (χ0) is 14.6. The molecule has 0 spiro atoms. The molecular formula is C17H21NO2. The van der Waals surface area contributed by atoms with Crippen LogP contribution in [0, 0.1) is 5.41 Å². The normalized spacial score (nSPS) is 22.6. The number of piperidine rings is 1. The highest BCUT2D eigenvalue weighted by Crippen LogP contribution is 2.38. The van der Waals surface area contributed by atoms with Crippen molar-refractivity contribution in [3.8, 4) is 0 Å². The summed E-state index contributed by atoms with van der Waals surface area (Å²) in [6, 6.07) is 9.01. The Kier molecular flexibility index (Phi) is 4.38. The van der Waals surface area contributed by atoms with E-state index < -0.39 is 5.41 Å². The van der Waals surface area contributed by atoms with E-state index in [1.54, 1.807) is 18.2 Å². The van der Waals surface area contributed by atoms with E-state index in [1.165, 1.54) is 4.90 Å². The highest BCUT2D eigenvalue weighted by atomic mass is 16.2. The van der Waals surface area contributed by atoms with Crippen LogP contribution < -0.4 is 0 Å². The molecule has 1 fully saturated rings. The number of nitrogens with zero attached hydrogens (tertiary/aromatic N) is 1. The number of carbonyl (C=O) groups is 2. The largest absolute Gasteiger partial charge is 0.278 e. The molecule has 1 saturated heterocycles. The van der Waals surface area contributed by atoms with E-state index in [-0.39, 0.29) is 11.8 Å². The zero-order valence-electron chi connectivity index (χ0n) is 12.0. The van der Waals surface area contributed by atoms with Gasteiger partial charge in [0.2, 0.25) is 5.91 Å². The molecule has 3 heteroatoms. The van der Waals surface area contributed by atoms with Crippen LogP contribution >= 0.6 is 0 Å². The lowest BCUT2D eigenvalue weighted by Crippen LogP contribution is -2.50. The van der Waals surface area contributed by atoms with Crippen LogP contribution in [-0.4, -0.2) is 23.3 Å². The van der Waals surface area contributed by atoms with Crippen molar-refractivity contribution in [3.63, 3.8) is 0 Å². The lowest BCUT2D eigenvalue weighted by atomic mass is 9.74. The number of rotatable bonds is 4. The molecule has 1 aliphatic rings. The van der Waals surface area contributed by atoms with Crippen LogP contribution in [0.25, 0.3) is 0 Å². The van der Waals surface area contributed by atoms with Crippen LogP contribution in [0.15, 0.2) is 43.0 Å². The van der Waals surface area contributed by atoms with Crippen molar-refractivity contribution in [3.05, 3.63) is 48.6 Å². The minimum Gasteiger partial charge on any atom is -0.278 e. The molecule has 0 aromatic heterocycles. The summed E-state index contributed by atoms with van der Waals surface area (Å²) in [6.07, 6.45) is 4.88. The van der Waals surface area contributed by atoms with Crippen molar-refractivity contribution in [1.82, 2.24) is 4.90 Å². The lowest BCUT2D eigenvalue weighted by Gasteiger charge is -2.39. The minimum absolute atomic E-state index is 0.0417. The van der Waals surface area contributed by atoms with Gasteiger partial charge in [0.15, 0.2) is 0 Å². The summed E-state index contributed by atoms with van der Waals surface area (Å²) in [7, 11) is 0. The van der Waals surface area contributed by atoms with Gasteiger partial charge in [-0.2, -0.15) is 0 Å². The third-order valence-electron chi connectivity index (χ3n) is 4.21. The summed E-state index contributed by atoms with van der Waals surface area (Å²) in [5, 5.41) is 0. The van der Waals surface area contributed by atoms with Gasteiger partial charge in [0.25, 0.3) is 5.91 Å². The van der Waals surface area contributed by atoms with Crippen LogP contribution in [0.3, 0.4) is 0 Å². The molecule has 2 rings (SSSR count). The number of hydrogen-bond acceptors (Lipinski definition) is 2. The molecule has 0 N–H and O–H groups in total. The van der Waals surface area contributed by atoms with Gasteiger partial charge >= 0.3 is 0 Å². The topological polar surface area (TPSA) is 37.4 Å². The van der Waals surface area contributed by atoms with E-state index in [4.69, 9.17) is 0 Å². The molecule has 0 aliphatic carbocycles. The van der Waals surface area contributed by atoms with Gasteiger partial charge in [0.1, 0.15) is 0 Å².